The van der Waals surface area contributed by atoms with E-state index in [1.807, 2.05) is 0 Å². The molecule has 3 rings (SSSR count). The van der Waals surface area contributed by atoms with Crippen LogP contribution in [-0.4, -0.2) is 25.5 Å². The van der Waals surface area contributed by atoms with Crippen LogP contribution < -0.4 is 10.6 Å². The first-order valence-electron chi connectivity index (χ1n) is 7.43. The second-order valence-electron chi connectivity index (χ2n) is 5.67. The van der Waals surface area contributed by atoms with Crippen LogP contribution in [0.1, 0.15) is 45.8 Å². The predicted molar refractivity (Wildman–Crippen MR) is 78.9 cm³/mol. The molecule has 1 atom stereocenters. The van der Waals surface area contributed by atoms with Crippen molar-refractivity contribution in [3.8, 4) is 0 Å². The Morgan fingerprint density at radius 1 is 1.42 bits per heavy atom. The number of thiophene rings is 1. The fraction of sp³-hybridized carbons (Fsp3) is 0.667. The summed E-state index contributed by atoms with van der Waals surface area (Å²) in [6, 6.07) is 2.10. The molecule has 19 heavy (non-hydrogen) atoms. The third-order valence-electron chi connectivity index (χ3n) is 4.21. The predicted octanol–water partition coefficient (Wildman–Crippen LogP) is 2.36. The van der Waals surface area contributed by atoms with E-state index in [9.17, 15) is 4.79 Å². The van der Waals surface area contributed by atoms with Gasteiger partial charge in [0.15, 0.2) is 0 Å². The van der Waals surface area contributed by atoms with Crippen molar-refractivity contribution in [1.29, 1.82) is 0 Å². The van der Waals surface area contributed by atoms with Gasteiger partial charge in [-0.05, 0) is 69.2 Å². The second-order valence-corrected chi connectivity index (χ2v) is 6.81. The van der Waals surface area contributed by atoms with Gasteiger partial charge in [0, 0.05) is 11.4 Å². The molecule has 1 aliphatic heterocycles. The third-order valence-corrected chi connectivity index (χ3v) is 5.44. The Labute approximate surface area is 118 Å². The Morgan fingerprint density at radius 2 is 2.37 bits per heavy atom. The van der Waals surface area contributed by atoms with E-state index in [0.29, 0.717) is 0 Å². The molecule has 4 heteroatoms. The Kier molecular flexibility index (Phi) is 4.18. The highest BCUT2D eigenvalue weighted by Crippen LogP contribution is 2.30. The summed E-state index contributed by atoms with van der Waals surface area (Å²) < 4.78 is 0. The van der Waals surface area contributed by atoms with E-state index in [4.69, 9.17) is 0 Å². The maximum Gasteiger partial charge on any atom is 0.261 e. The van der Waals surface area contributed by atoms with Crippen LogP contribution in [0.5, 0.6) is 0 Å². The molecule has 0 aromatic carbocycles. The molecule has 1 fully saturated rings. The topological polar surface area (TPSA) is 41.1 Å². The molecule has 1 amide bonds. The summed E-state index contributed by atoms with van der Waals surface area (Å²) in [6.07, 6.45) is 7.27. The minimum atomic E-state index is 0.128. The first-order chi connectivity index (χ1) is 9.33. The summed E-state index contributed by atoms with van der Waals surface area (Å²) in [5.41, 5.74) is 1.41. The van der Waals surface area contributed by atoms with E-state index in [2.05, 4.69) is 16.7 Å². The fourth-order valence-corrected chi connectivity index (χ4v) is 4.26. The standard InChI is InChI=1S/C15H22N2OS/c18-15(14-9-12-4-1-5-13(12)19-14)17-8-6-11-3-2-7-16-10-11/h9,11,16H,1-8,10H2,(H,17,18). The SMILES string of the molecule is O=C(NCCC1CCCNC1)c1cc2c(s1)CCC2. The molecular formula is C15H22N2OS. The molecular weight excluding hydrogens is 256 g/mol. The molecule has 2 N–H and O–H groups in total. The maximum atomic E-state index is 12.1. The number of piperidine rings is 1. The van der Waals surface area contributed by atoms with Gasteiger partial charge >= 0.3 is 0 Å². The van der Waals surface area contributed by atoms with Crippen molar-refractivity contribution in [2.45, 2.75) is 38.5 Å². The molecule has 104 valence electrons. The molecule has 1 unspecified atom stereocenters. The summed E-state index contributed by atoms with van der Waals surface area (Å²) >= 11 is 1.69. The van der Waals surface area contributed by atoms with Crippen LogP contribution in [0.2, 0.25) is 0 Å². The van der Waals surface area contributed by atoms with Crippen LogP contribution in [0.15, 0.2) is 6.07 Å². The van der Waals surface area contributed by atoms with E-state index in [1.54, 1.807) is 11.3 Å². The van der Waals surface area contributed by atoms with Crippen molar-refractivity contribution in [3.05, 3.63) is 21.4 Å². The number of carbonyl (C=O) groups excluding carboxylic acids is 1. The number of rotatable bonds is 4. The number of hydrogen-bond donors (Lipinski definition) is 2. The van der Waals surface area contributed by atoms with Gasteiger partial charge in [0.2, 0.25) is 0 Å². The molecule has 0 saturated carbocycles. The third kappa shape index (κ3) is 3.18. The van der Waals surface area contributed by atoms with Gasteiger partial charge in [-0.1, -0.05) is 0 Å². The lowest BCUT2D eigenvalue weighted by molar-refractivity contribution is 0.0954. The van der Waals surface area contributed by atoms with Crippen molar-refractivity contribution in [2.24, 2.45) is 5.92 Å². The Hall–Kier alpha value is -0.870. The quantitative estimate of drug-likeness (QED) is 0.887. The molecule has 2 heterocycles. The van der Waals surface area contributed by atoms with Crippen molar-refractivity contribution in [2.75, 3.05) is 19.6 Å². The lowest BCUT2D eigenvalue weighted by Crippen LogP contribution is -2.33. The van der Waals surface area contributed by atoms with Crippen LogP contribution in [-0.2, 0) is 12.8 Å². The van der Waals surface area contributed by atoms with Crippen molar-refractivity contribution in [3.63, 3.8) is 0 Å². The highest BCUT2D eigenvalue weighted by atomic mass is 32.1. The summed E-state index contributed by atoms with van der Waals surface area (Å²) in [6.45, 7) is 3.08. The molecule has 0 bridgehead atoms. The maximum absolute atomic E-state index is 12.1. The van der Waals surface area contributed by atoms with Crippen LogP contribution >= 0.6 is 11.3 Å². The van der Waals surface area contributed by atoms with Gasteiger partial charge in [-0.3, -0.25) is 4.79 Å². The van der Waals surface area contributed by atoms with Crippen LogP contribution in [0.3, 0.4) is 0 Å². The minimum absolute atomic E-state index is 0.128. The Morgan fingerprint density at radius 3 is 3.16 bits per heavy atom. The van der Waals surface area contributed by atoms with Crippen molar-refractivity contribution in [1.82, 2.24) is 10.6 Å². The lowest BCUT2D eigenvalue weighted by Gasteiger charge is -2.22. The molecule has 1 aliphatic carbocycles. The fourth-order valence-electron chi connectivity index (χ4n) is 3.09. The Bertz CT molecular complexity index is 427. The highest BCUT2D eigenvalue weighted by Gasteiger charge is 2.18. The summed E-state index contributed by atoms with van der Waals surface area (Å²) in [5, 5.41) is 6.50. The number of carbonyl (C=O) groups is 1. The molecule has 1 aromatic heterocycles. The normalized spacial score (nSPS) is 22.2. The monoisotopic (exact) mass is 278 g/mol. The number of aryl methyl sites for hydroxylation is 2. The zero-order chi connectivity index (χ0) is 13.1. The van der Waals surface area contributed by atoms with Gasteiger partial charge < -0.3 is 10.6 Å². The number of amides is 1. The van der Waals surface area contributed by atoms with E-state index >= 15 is 0 Å². The number of nitrogens with one attached hydrogen (secondary N) is 2. The average Bonchev–Trinajstić information content (AvgIpc) is 3.00. The van der Waals surface area contributed by atoms with Gasteiger partial charge in [0.25, 0.3) is 5.91 Å². The number of hydrogen-bond acceptors (Lipinski definition) is 3. The van der Waals surface area contributed by atoms with Gasteiger partial charge in [0.05, 0.1) is 4.88 Å². The van der Waals surface area contributed by atoms with Gasteiger partial charge in [0.1, 0.15) is 0 Å². The summed E-state index contributed by atoms with van der Waals surface area (Å²) in [4.78, 5) is 14.4. The van der Waals surface area contributed by atoms with Gasteiger partial charge in [-0.2, -0.15) is 0 Å². The van der Waals surface area contributed by atoms with Gasteiger partial charge in [-0.15, -0.1) is 11.3 Å². The first kappa shape index (κ1) is 13.1. The summed E-state index contributed by atoms with van der Waals surface area (Å²) in [5.74, 6) is 0.866. The van der Waals surface area contributed by atoms with Crippen LogP contribution in [0.4, 0.5) is 0 Å². The second kappa shape index (κ2) is 6.06. The van der Waals surface area contributed by atoms with E-state index in [1.165, 1.54) is 36.1 Å². The molecule has 1 saturated heterocycles. The van der Waals surface area contributed by atoms with Crippen LogP contribution in [0.25, 0.3) is 0 Å². The first-order valence-corrected chi connectivity index (χ1v) is 8.25. The zero-order valence-electron chi connectivity index (χ0n) is 11.3. The van der Waals surface area contributed by atoms with Crippen molar-refractivity contribution >= 4 is 17.2 Å². The lowest BCUT2D eigenvalue weighted by atomic mass is 9.96. The largest absolute Gasteiger partial charge is 0.351 e. The van der Waals surface area contributed by atoms with Crippen LogP contribution in [0, 0.1) is 5.92 Å². The minimum Gasteiger partial charge on any atom is -0.351 e. The molecule has 3 nitrogen and oxygen atoms in total. The molecule has 1 aromatic rings. The molecule has 0 radical (unpaired) electrons. The molecule has 2 aliphatic rings. The summed E-state index contributed by atoms with van der Waals surface area (Å²) in [7, 11) is 0. The van der Waals surface area contributed by atoms with E-state index in [0.717, 1.165) is 43.3 Å². The molecule has 0 spiro atoms. The smallest absolute Gasteiger partial charge is 0.261 e. The number of fused-ring (bicyclic) bond motifs is 1. The van der Waals surface area contributed by atoms with Crippen molar-refractivity contribution < 1.29 is 4.79 Å². The average molecular weight is 278 g/mol. The van der Waals surface area contributed by atoms with E-state index < -0.39 is 0 Å². The zero-order valence-corrected chi connectivity index (χ0v) is 12.2. The Balaban J connectivity index is 1.45. The highest BCUT2D eigenvalue weighted by molar-refractivity contribution is 7.14. The van der Waals surface area contributed by atoms with E-state index in [-0.39, 0.29) is 5.91 Å². The van der Waals surface area contributed by atoms with Gasteiger partial charge in [-0.25, -0.2) is 0 Å².